The predicted molar refractivity (Wildman–Crippen MR) is 68.4 cm³/mol. The molecular weight excluding hydrogens is 204 g/mol. The number of rotatable bonds is 7. The zero-order chi connectivity index (χ0) is 11.1. The van der Waals surface area contributed by atoms with Gasteiger partial charge in [-0.1, -0.05) is 13.0 Å². The van der Waals surface area contributed by atoms with Crippen LogP contribution in [0.15, 0.2) is 17.5 Å². The molecule has 15 heavy (non-hydrogen) atoms. The summed E-state index contributed by atoms with van der Waals surface area (Å²) in [5.74, 6) is 0. The van der Waals surface area contributed by atoms with E-state index in [-0.39, 0.29) is 0 Å². The van der Waals surface area contributed by atoms with Crippen LogP contribution in [-0.4, -0.2) is 31.1 Å². The Bertz CT molecular complexity index is 246. The Labute approximate surface area is 97.3 Å². The molecular formula is C12H22N2S. The standard InChI is InChI=1S/C12H22N2S/c1-4-7-13-9-11(2)14(3)10-12-6-5-8-15-12/h5-6,8,11,13H,4,7,9-10H2,1-3H3. The van der Waals surface area contributed by atoms with Gasteiger partial charge in [-0.25, -0.2) is 0 Å². The van der Waals surface area contributed by atoms with Crippen LogP contribution in [-0.2, 0) is 6.54 Å². The van der Waals surface area contributed by atoms with Crippen LogP contribution in [0.1, 0.15) is 25.1 Å². The van der Waals surface area contributed by atoms with E-state index in [0.29, 0.717) is 6.04 Å². The van der Waals surface area contributed by atoms with Crippen molar-refractivity contribution in [2.75, 3.05) is 20.1 Å². The summed E-state index contributed by atoms with van der Waals surface area (Å²) >= 11 is 1.83. The van der Waals surface area contributed by atoms with Gasteiger partial charge in [-0.2, -0.15) is 0 Å². The molecule has 1 N–H and O–H groups in total. The Morgan fingerprint density at radius 3 is 2.93 bits per heavy atom. The van der Waals surface area contributed by atoms with Crippen molar-refractivity contribution in [3.05, 3.63) is 22.4 Å². The summed E-state index contributed by atoms with van der Waals surface area (Å²) in [5, 5.41) is 5.60. The number of hydrogen-bond acceptors (Lipinski definition) is 3. The molecule has 0 saturated heterocycles. The largest absolute Gasteiger partial charge is 0.315 e. The third-order valence-electron chi connectivity index (χ3n) is 2.60. The predicted octanol–water partition coefficient (Wildman–Crippen LogP) is 2.57. The normalized spacial score (nSPS) is 13.3. The molecule has 3 heteroatoms. The summed E-state index contributed by atoms with van der Waals surface area (Å²) < 4.78 is 0. The van der Waals surface area contributed by atoms with Crippen LogP contribution in [0.5, 0.6) is 0 Å². The van der Waals surface area contributed by atoms with Crippen LogP contribution in [0.25, 0.3) is 0 Å². The quantitative estimate of drug-likeness (QED) is 0.719. The highest BCUT2D eigenvalue weighted by Gasteiger charge is 2.09. The highest BCUT2D eigenvalue weighted by Crippen LogP contribution is 2.12. The Morgan fingerprint density at radius 2 is 2.33 bits per heavy atom. The van der Waals surface area contributed by atoms with E-state index < -0.39 is 0 Å². The van der Waals surface area contributed by atoms with Gasteiger partial charge >= 0.3 is 0 Å². The smallest absolute Gasteiger partial charge is 0.0328 e. The maximum atomic E-state index is 3.46. The van der Waals surface area contributed by atoms with Gasteiger partial charge < -0.3 is 5.32 Å². The molecule has 1 aromatic heterocycles. The van der Waals surface area contributed by atoms with Crippen molar-refractivity contribution in [3.63, 3.8) is 0 Å². The Balaban J connectivity index is 2.23. The lowest BCUT2D eigenvalue weighted by atomic mass is 10.3. The lowest BCUT2D eigenvalue weighted by molar-refractivity contribution is 0.245. The first-order chi connectivity index (χ1) is 7.24. The van der Waals surface area contributed by atoms with Crippen LogP contribution in [0, 0.1) is 0 Å². The van der Waals surface area contributed by atoms with E-state index >= 15 is 0 Å². The van der Waals surface area contributed by atoms with E-state index in [1.165, 1.54) is 11.3 Å². The second-order valence-corrected chi connectivity index (χ2v) is 5.08. The maximum absolute atomic E-state index is 3.46. The lowest BCUT2D eigenvalue weighted by Crippen LogP contribution is -2.37. The van der Waals surface area contributed by atoms with Crippen LogP contribution >= 0.6 is 11.3 Å². The molecule has 1 heterocycles. The number of nitrogens with one attached hydrogen (secondary N) is 1. The first-order valence-electron chi connectivity index (χ1n) is 5.67. The zero-order valence-electron chi connectivity index (χ0n) is 9.99. The van der Waals surface area contributed by atoms with Crippen LogP contribution in [0.3, 0.4) is 0 Å². The van der Waals surface area contributed by atoms with Gasteiger partial charge in [0, 0.05) is 24.0 Å². The molecule has 2 nitrogen and oxygen atoms in total. The molecule has 0 spiro atoms. The van der Waals surface area contributed by atoms with Crippen molar-refractivity contribution < 1.29 is 0 Å². The van der Waals surface area contributed by atoms with Crippen molar-refractivity contribution in [2.45, 2.75) is 32.9 Å². The molecule has 0 amide bonds. The summed E-state index contributed by atoms with van der Waals surface area (Å²) in [6.07, 6.45) is 1.21. The highest BCUT2D eigenvalue weighted by molar-refractivity contribution is 7.09. The molecule has 1 atom stereocenters. The molecule has 0 radical (unpaired) electrons. The van der Waals surface area contributed by atoms with E-state index in [4.69, 9.17) is 0 Å². The molecule has 0 aliphatic rings. The fourth-order valence-corrected chi connectivity index (χ4v) is 2.21. The second kappa shape index (κ2) is 6.99. The van der Waals surface area contributed by atoms with E-state index in [1.54, 1.807) is 0 Å². The minimum Gasteiger partial charge on any atom is -0.315 e. The van der Waals surface area contributed by atoms with Gasteiger partial charge in [-0.05, 0) is 38.4 Å². The molecule has 0 fully saturated rings. The zero-order valence-corrected chi connectivity index (χ0v) is 10.8. The average Bonchev–Trinajstić information content (AvgIpc) is 2.70. The number of likely N-dealkylation sites (N-methyl/N-ethyl adjacent to an activating group) is 1. The number of nitrogens with zero attached hydrogens (tertiary/aromatic N) is 1. The Hall–Kier alpha value is -0.380. The van der Waals surface area contributed by atoms with Crippen molar-refractivity contribution in [3.8, 4) is 0 Å². The third-order valence-corrected chi connectivity index (χ3v) is 3.47. The molecule has 86 valence electrons. The van der Waals surface area contributed by atoms with Gasteiger partial charge in [0.05, 0.1) is 0 Å². The average molecular weight is 226 g/mol. The minimum atomic E-state index is 0.596. The topological polar surface area (TPSA) is 15.3 Å². The maximum Gasteiger partial charge on any atom is 0.0328 e. The van der Waals surface area contributed by atoms with Gasteiger partial charge in [0.1, 0.15) is 0 Å². The summed E-state index contributed by atoms with van der Waals surface area (Å²) in [5.41, 5.74) is 0. The Morgan fingerprint density at radius 1 is 1.53 bits per heavy atom. The van der Waals surface area contributed by atoms with E-state index in [1.807, 2.05) is 11.3 Å². The molecule has 1 aromatic rings. The SMILES string of the molecule is CCCNCC(C)N(C)Cc1cccs1. The minimum absolute atomic E-state index is 0.596. The van der Waals surface area contributed by atoms with Crippen molar-refractivity contribution >= 4 is 11.3 Å². The first-order valence-corrected chi connectivity index (χ1v) is 6.55. The Kier molecular flexibility index (Phi) is 5.91. The van der Waals surface area contributed by atoms with Gasteiger partial charge in [-0.15, -0.1) is 11.3 Å². The monoisotopic (exact) mass is 226 g/mol. The van der Waals surface area contributed by atoms with Gasteiger partial charge in [-0.3, -0.25) is 4.90 Å². The van der Waals surface area contributed by atoms with Gasteiger partial charge in [0.15, 0.2) is 0 Å². The second-order valence-electron chi connectivity index (χ2n) is 4.05. The molecule has 0 aliphatic carbocycles. The van der Waals surface area contributed by atoms with E-state index in [0.717, 1.165) is 19.6 Å². The molecule has 0 aromatic carbocycles. The summed E-state index contributed by atoms with van der Waals surface area (Å²) in [6.45, 7) is 7.74. The van der Waals surface area contributed by atoms with Gasteiger partial charge in [0.25, 0.3) is 0 Å². The van der Waals surface area contributed by atoms with E-state index in [2.05, 4.69) is 48.6 Å². The molecule has 1 rings (SSSR count). The molecule has 0 aliphatic heterocycles. The molecule has 1 unspecified atom stereocenters. The van der Waals surface area contributed by atoms with E-state index in [9.17, 15) is 0 Å². The van der Waals surface area contributed by atoms with Crippen molar-refractivity contribution in [2.24, 2.45) is 0 Å². The highest BCUT2D eigenvalue weighted by atomic mass is 32.1. The van der Waals surface area contributed by atoms with Crippen LogP contribution < -0.4 is 5.32 Å². The fourth-order valence-electron chi connectivity index (χ4n) is 1.45. The fraction of sp³-hybridized carbons (Fsp3) is 0.667. The summed E-state index contributed by atoms with van der Waals surface area (Å²) in [4.78, 5) is 3.84. The summed E-state index contributed by atoms with van der Waals surface area (Å²) in [7, 11) is 2.19. The van der Waals surface area contributed by atoms with Crippen LogP contribution in [0.2, 0.25) is 0 Å². The van der Waals surface area contributed by atoms with Gasteiger partial charge in [0.2, 0.25) is 0 Å². The number of thiophene rings is 1. The lowest BCUT2D eigenvalue weighted by Gasteiger charge is -2.24. The number of hydrogen-bond donors (Lipinski definition) is 1. The summed E-state index contributed by atoms with van der Waals surface area (Å²) in [6, 6.07) is 4.92. The molecule has 0 bridgehead atoms. The third kappa shape index (κ3) is 4.78. The molecule has 0 saturated carbocycles. The van der Waals surface area contributed by atoms with Crippen molar-refractivity contribution in [1.82, 2.24) is 10.2 Å². The first kappa shape index (κ1) is 12.7. The van der Waals surface area contributed by atoms with Crippen molar-refractivity contribution in [1.29, 1.82) is 0 Å². The van der Waals surface area contributed by atoms with Crippen LogP contribution in [0.4, 0.5) is 0 Å².